The molecule has 1 saturated heterocycles. The molecule has 3 heterocycles. The quantitative estimate of drug-likeness (QED) is 0.862. The van der Waals surface area contributed by atoms with Crippen molar-refractivity contribution in [1.29, 1.82) is 0 Å². The van der Waals surface area contributed by atoms with E-state index in [1.807, 2.05) is 37.4 Å². The molecular formula is C16H23N5O2. The fourth-order valence-electron chi connectivity index (χ4n) is 3.44. The van der Waals surface area contributed by atoms with Gasteiger partial charge in [-0.2, -0.15) is 5.10 Å². The Balaban J connectivity index is 1.69. The Morgan fingerprint density at radius 2 is 2.04 bits per heavy atom. The molecule has 3 rings (SSSR count). The van der Waals surface area contributed by atoms with Gasteiger partial charge in [0.1, 0.15) is 11.4 Å². The van der Waals surface area contributed by atoms with E-state index >= 15 is 0 Å². The summed E-state index contributed by atoms with van der Waals surface area (Å²) in [6.07, 6.45) is 3.14. The molecule has 7 nitrogen and oxygen atoms in total. The van der Waals surface area contributed by atoms with Crippen molar-refractivity contribution in [3.63, 3.8) is 0 Å². The molecule has 1 aliphatic rings. The maximum Gasteiger partial charge on any atom is 0.223 e. The van der Waals surface area contributed by atoms with Crippen molar-refractivity contribution in [2.45, 2.75) is 52.5 Å². The van der Waals surface area contributed by atoms with Crippen LogP contribution in [0.2, 0.25) is 0 Å². The number of likely N-dealkylation sites (tertiary alicyclic amines) is 1. The number of rotatable bonds is 4. The molecule has 1 amide bonds. The summed E-state index contributed by atoms with van der Waals surface area (Å²) in [5.41, 5.74) is 4.88. The van der Waals surface area contributed by atoms with Crippen molar-refractivity contribution in [3.8, 4) is 0 Å². The smallest absolute Gasteiger partial charge is 0.223 e. The van der Waals surface area contributed by atoms with Crippen molar-refractivity contribution >= 4 is 5.91 Å². The van der Waals surface area contributed by atoms with Crippen molar-refractivity contribution in [1.82, 2.24) is 25.0 Å². The van der Waals surface area contributed by atoms with Gasteiger partial charge >= 0.3 is 0 Å². The highest BCUT2D eigenvalue weighted by molar-refractivity contribution is 5.77. The number of aromatic nitrogens is 4. The van der Waals surface area contributed by atoms with Crippen LogP contribution in [0.3, 0.4) is 0 Å². The Kier molecular flexibility index (Phi) is 4.19. The van der Waals surface area contributed by atoms with Crippen LogP contribution in [0.1, 0.15) is 53.6 Å². The van der Waals surface area contributed by atoms with Crippen molar-refractivity contribution in [2.24, 2.45) is 7.05 Å². The summed E-state index contributed by atoms with van der Waals surface area (Å²) >= 11 is 0. The second-order valence-corrected chi connectivity index (χ2v) is 6.25. The van der Waals surface area contributed by atoms with E-state index in [1.54, 1.807) is 0 Å². The zero-order valence-electron chi connectivity index (χ0n) is 14.2. The third-order valence-corrected chi connectivity index (χ3v) is 4.82. The van der Waals surface area contributed by atoms with Crippen LogP contribution in [-0.2, 0) is 18.3 Å². The normalized spacial score (nSPS) is 17.9. The first-order valence-corrected chi connectivity index (χ1v) is 8.06. The van der Waals surface area contributed by atoms with Crippen LogP contribution < -0.4 is 0 Å². The number of carbonyl (C=O) groups is 1. The van der Waals surface area contributed by atoms with Crippen molar-refractivity contribution in [2.75, 3.05) is 6.54 Å². The summed E-state index contributed by atoms with van der Waals surface area (Å²) in [5, 5.41) is 12.2. The third kappa shape index (κ3) is 2.87. The minimum absolute atomic E-state index is 0.00448. The SMILES string of the molecule is Cc1nonc1C1CCCN1C(=O)CCc1c(C)nn(C)c1C. The molecule has 2 aromatic rings. The lowest BCUT2D eigenvalue weighted by molar-refractivity contribution is -0.132. The molecule has 0 saturated carbocycles. The van der Waals surface area contributed by atoms with Gasteiger partial charge in [-0.05, 0) is 45.6 Å². The number of aryl methyl sites for hydroxylation is 3. The topological polar surface area (TPSA) is 77.1 Å². The number of hydrogen-bond acceptors (Lipinski definition) is 5. The second kappa shape index (κ2) is 6.14. The molecule has 1 atom stereocenters. The van der Waals surface area contributed by atoms with E-state index in [0.29, 0.717) is 6.42 Å². The van der Waals surface area contributed by atoms with Crippen LogP contribution in [0.15, 0.2) is 4.63 Å². The Labute approximate surface area is 135 Å². The summed E-state index contributed by atoms with van der Waals surface area (Å²) in [7, 11) is 1.94. The first-order valence-electron chi connectivity index (χ1n) is 8.06. The van der Waals surface area contributed by atoms with Crippen LogP contribution in [-0.4, -0.2) is 37.4 Å². The molecule has 2 aromatic heterocycles. The van der Waals surface area contributed by atoms with Gasteiger partial charge in [-0.1, -0.05) is 10.3 Å². The molecule has 7 heteroatoms. The predicted octanol–water partition coefficient (Wildman–Crippen LogP) is 2.02. The van der Waals surface area contributed by atoms with Crippen LogP contribution in [0.5, 0.6) is 0 Å². The van der Waals surface area contributed by atoms with Gasteiger partial charge in [0.05, 0.1) is 11.7 Å². The number of nitrogens with zero attached hydrogens (tertiary/aromatic N) is 5. The van der Waals surface area contributed by atoms with Crippen molar-refractivity contribution in [3.05, 3.63) is 28.3 Å². The lowest BCUT2D eigenvalue weighted by Gasteiger charge is -2.23. The van der Waals surface area contributed by atoms with Gasteiger partial charge in [0.15, 0.2) is 0 Å². The summed E-state index contributed by atoms with van der Waals surface area (Å²) in [4.78, 5) is 14.6. The van der Waals surface area contributed by atoms with Gasteiger partial charge in [0.25, 0.3) is 0 Å². The Morgan fingerprint density at radius 3 is 2.65 bits per heavy atom. The predicted molar refractivity (Wildman–Crippen MR) is 83.7 cm³/mol. The van der Waals surface area contributed by atoms with Gasteiger partial charge < -0.3 is 4.90 Å². The minimum atomic E-state index is 0.00448. The van der Waals surface area contributed by atoms with Gasteiger partial charge in [-0.15, -0.1) is 0 Å². The van der Waals surface area contributed by atoms with E-state index in [0.717, 1.165) is 48.6 Å². The minimum Gasteiger partial charge on any atom is -0.334 e. The zero-order chi connectivity index (χ0) is 16.6. The highest BCUT2D eigenvalue weighted by Gasteiger charge is 2.33. The van der Waals surface area contributed by atoms with E-state index in [1.165, 1.54) is 5.56 Å². The van der Waals surface area contributed by atoms with Crippen LogP contribution in [0.25, 0.3) is 0 Å². The number of hydrogen-bond donors (Lipinski definition) is 0. The van der Waals surface area contributed by atoms with E-state index in [9.17, 15) is 4.79 Å². The Bertz CT molecular complexity index is 718. The Morgan fingerprint density at radius 1 is 1.26 bits per heavy atom. The van der Waals surface area contributed by atoms with Gasteiger partial charge in [-0.25, -0.2) is 4.63 Å². The van der Waals surface area contributed by atoms with E-state index in [2.05, 4.69) is 15.4 Å². The van der Waals surface area contributed by atoms with Gasteiger partial charge in [0.2, 0.25) is 5.91 Å². The maximum atomic E-state index is 12.7. The summed E-state index contributed by atoms with van der Waals surface area (Å²) in [6.45, 7) is 6.69. The van der Waals surface area contributed by atoms with Crippen LogP contribution in [0.4, 0.5) is 0 Å². The van der Waals surface area contributed by atoms with Crippen LogP contribution >= 0.6 is 0 Å². The lowest BCUT2D eigenvalue weighted by atomic mass is 10.1. The maximum absolute atomic E-state index is 12.7. The average Bonchev–Trinajstić information content (AvgIpc) is 3.19. The monoisotopic (exact) mass is 317 g/mol. The second-order valence-electron chi connectivity index (χ2n) is 6.25. The largest absolute Gasteiger partial charge is 0.334 e. The molecule has 0 spiro atoms. The molecule has 1 aliphatic heterocycles. The molecule has 0 aromatic carbocycles. The Hall–Kier alpha value is -2.18. The third-order valence-electron chi connectivity index (χ3n) is 4.82. The first kappa shape index (κ1) is 15.7. The van der Waals surface area contributed by atoms with Gasteiger partial charge in [0, 0.05) is 25.7 Å². The molecule has 0 aliphatic carbocycles. The molecule has 0 N–H and O–H groups in total. The lowest BCUT2D eigenvalue weighted by Crippen LogP contribution is -2.31. The molecule has 1 unspecified atom stereocenters. The van der Waals surface area contributed by atoms with Crippen molar-refractivity contribution < 1.29 is 9.42 Å². The molecule has 0 radical (unpaired) electrons. The van der Waals surface area contributed by atoms with E-state index in [4.69, 9.17) is 4.63 Å². The number of amides is 1. The summed E-state index contributed by atoms with van der Waals surface area (Å²) in [6, 6.07) is 0.00448. The fourth-order valence-corrected chi connectivity index (χ4v) is 3.44. The van der Waals surface area contributed by atoms with Gasteiger partial charge in [-0.3, -0.25) is 9.48 Å². The zero-order valence-corrected chi connectivity index (χ0v) is 14.2. The summed E-state index contributed by atoms with van der Waals surface area (Å²) in [5.74, 6) is 0.164. The molecule has 124 valence electrons. The molecular weight excluding hydrogens is 294 g/mol. The summed E-state index contributed by atoms with van der Waals surface area (Å²) < 4.78 is 6.67. The van der Waals surface area contributed by atoms with E-state index < -0.39 is 0 Å². The highest BCUT2D eigenvalue weighted by atomic mass is 16.6. The first-order chi connectivity index (χ1) is 11.0. The van der Waals surface area contributed by atoms with E-state index in [-0.39, 0.29) is 11.9 Å². The molecule has 1 fully saturated rings. The van der Waals surface area contributed by atoms with Crippen LogP contribution in [0, 0.1) is 20.8 Å². The standard InChI is InChI=1S/C16H23N5O2/c1-10-13(12(3)20(4)17-10)7-8-15(22)21-9-5-6-14(21)16-11(2)18-23-19-16/h14H,5-9H2,1-4H3. The average molecular weight is 317 g/mol. The fraction of sp³-hybridized carbons (Fsp3) is 0.625. The number of carbonyl (C=O) groups excluding carboxylic acids is 1. The highest BCUT2D eigenvalue weighted by Crippen LogP contribution is 2.32. The molecule has 23 heavy (non-hydrogen) atoms. The molecule has 0 bridgehead atoms.